The Kier molecular flexibility index (Phi) is 2.93. The van der Waals surface area contributed by atoms with E-state index < -0.39 is 5.63 Å². The Labute approximate surface area is 125 Å². The zero-order chi connectivity index (χ0) is 14.9. The van der Waals surface area contributed by atoms with Crippen molar-refractivity contribution >= 4 is 21.9 Å². The van der Waals surface area contributed by atoms with Crippen LogP contribution in [0.2, 0.25) is 0 Å². The highest BCUT2D eigenvalue weighted by atomic mass is 16.5. The van der Waals surface area contributed by atoms with Crippen LogP contribution in [0.5, 0.6) is 5.75 Å². The van der Waals surface area contributed by atoms with Crippen LogP contribution in [0.15, 0.2) is 74.5 Å². The van der Waals surface area contributed by atoms with Gasteiger partial charge in [-0.3, -0.25) is 0 Å². The average Bonchev–Trinajstić information content (AvgIpc) is 3.01. The van der Waals surface area contributed by atoms with Crippen LogP contribution in [-0.2, 0) is 6.61 Å². The lowest BCUT2D eigenvalue weighted by atomic mass is 10.1. The van der Waals surface area contributed by atoms with Crippen LogP contribution in [0.1, 0.15) is 5.56 Å². The van der Waals surface area contributed by atoms with Crippen molar-refractivity contribution in [1.82, 2.24) is 0 Å². The number of hydrogen-bond acceptors (Lipinski definition) is 4. The topological polar surface area (TPSA) is 52.6 Å². The molecule has 0 amide bonds. The first-order valence-corrected chi connectivity index (χ1v) is 6.92. The minimum absolute atomic E-state index is 0.369. The van der Waals surface area contributed by atoms with E-state index in [1.54, 1.807) is 12.3 Å². The number of rotatable bonds is 3. The van der Waals surface area contributed by atoms with E-state index in [2.05, 4.69) is 0 Å². The van der Waals surface area contributed by atoms with Gasteiger partial charge in [0.15, 0.2) is 11.2 Å². The minimum Gasteiger partial charge on any atom is -0.481 e. The molecule has 4 rings (SSSR count). The monoisotopic (exact) mass is 292 g/mol. The van der Waals surface area contributed by atoms with Crippen molar-refractivity contribution < 1.29 is 13.6 Å². The van der Waals surface area contributed by atoms with E-state index in [-0.39, 0.29) is 0 Å². The van der Waals surface area contributed by atoms with Crippen molar-refractivity contribution in [3.63, 3.8) is 0 Å². The molecule has 2 heterocycles. The van der Waals surface area contributed by atoms with Gasteiger partial charge in [0.05, 0.1) is 6.26 Å². The van der Waals surface area contributed by atoms with Gasteiger partial charge >= 0.3 is 5.63 Å². The summed E-state index contributed by atoms with van der Waals surface area (Å²) >= 11 is 0. The van der Waals surface area contributed by atoms with Gasteiger partial charge in [0.1, 0.15) is 6.61 Å². The van der Waals surface area contributed by atoms with E-state index in [1.165, 1.54) is 6.07 Å². The second kappa shape index (κ2) is 5.07. The van der Waals surface area contributed by atoms with E-state index >= 15 is 0 Å². The summed E-state index contributed by atoms with van der Waals surface area (Å²) in [5.41, 5.74) is 1.60. The quantitative estimate of drug-likeness (QED) is 0.533. The predicted molar refractivity (Wildman–Crippen MR) is 83.0 cm³/mol. The van der Waals surface area contributed by atoms with Crippen LogP contribution in [0.4, 0.5) is 0 Å². The first kappa shape index (κ1) is 12.7. The first-order chi connectivity index (χ1) is 10.8. The molecule has 0 saturated carbocycles. The molecule has 4 aromatic rings. The molecule has 0 unspecified atom stereocenters. The lowest BCUT2D eigenvalue weighted by Gasteiger charge is -2.09. The fourth-order valence-electron chi connectivity index (χ4n) is 2.47. The Morgan fingerprint density at radius 1 is 0.909 bits per heavy atom. The summed E-state index contributed by atoms with van der Waals surface area (Å²) in [4.78, 5) is 11.5. The first-order valence-electron chi connectivity index (χ1n) is 6.92. The molecule has 2 aromatic carbocycles. The number of benzene rings is 2. The second-order valence-corrected chi connectivity index (χ2v) is 4.99. The van der Waals surface area contributed by atoms with Crippen LogP contribution in [0.25, 0.3) is 21.9 Å². The van der Waals surface area contributed by atoms with Gasteiger partial charge in [-0.1, -0.05) is 30.3 Å². The third kappa shape index (κ3) is 2.15. The summed E-state index contributed by atoms with van der Waals surface area (Å²) < 4.78 is 16.7. The number of hydrogen-bond donors (Lipinski definition) is 0. The lowest BCUT2D eigenvalue weighted by molar-refractivity contribution is 0.303. The van der Waals surface area contributed by atoms with Crippen LogP contribution in [0, 0.1) is 0 Å². The highest BCUT2D eigenvalue weighted by Crippen LogP contribution is 2.35. The van der Waals surface area contributed by atoms with E-state index in [1.807, 2.05) is 42.5 Å². The van der Waals surface area contributed by atoms with E-state index in [0.29, 0.717) is 23.5 Å². The highest BCUT2D eigenvalue weighted by molar-refractivity contribution is 5.99. The molecule has 0 aliphatic carbocycles. The van der Waals surface area contributed by atoms with E-state index in [9.17, 15) is 4.79 Å². The molecule has 0 bridgehead atoms. The van der Waals surface area contributed by atoms with E-state index in [0.717, 1.165) is 16.3 Å². The summed E-state index contributed by atoms with van der Waals surface area (Å²) in [6.07, 6.45) is 1.59. The molecule has 0 aliphatic heterocycles. The summed E-state index contributed by atoms with van der Waals surface area (Å²) in [5, 5.41) is 1.71. The van der Waals surface area contributed by atoms with Crippen LogP contribution in [0.3, 0.4) is 0 Å². The number of ether oxygens (including phenoxy) is 1. The molecular weight excluding hydrogens is 280 g/mol. The minimum atomic E-state index is -0.414. The fraction of sp³-hybridized carbons (Fsp3) is 0.0556. The summed E-state index contributed by atoms with van der Waals surface area (Å²) in [7, 11) is 0. The zero-order valence-electron chi connectivity index (χ0n) is 11.6. The maximum Gasteiger partial charge on any atom is 0.336 e. The van der Waals surface area contributed by atoms with Gasteiger partial charge < -0.3 is 13.6 Å². The van der Waals surface area contributed by atoms with Crippen molar-refractivity contribution in [1.29, 1.82) is 0 Å². The van der Waals surface area contributed by atoms with Crippen LogP contribution < -0.4 is 10.4 Å². The highest BCUT2D eigenvalue weighted by Gasteiger charge is 2.14. The zero-order valence-corrected chi connectivity index (χ0v) is 11.6. The number of furan rings is 1. The van der Waals surface area contributed by atoms with Crippen molar-refractivity contribution in [3.8, 4) is 5.75 Å². The Hall–Kier alpha value is -3.01. The molecule has 4 heteroatoms. The lowest BCUT2D eigenvalue weighted by Crippen LogP contribution is -1.99. The third-order valence-electron chi connectivity index (χ3n) is 3.51. The number of fused-ring (bicyclic) bond motifs is 2. The Bertz CT molecular complexity index is 996. The van der Waals surface area contributed by atoms with Crippen LogP contribution >= 0.6 is 0 Å². The molecule has 2 aromatic heterocycles. The molecule has 0 radical (unpaired) electrons. The molecule has 0 saturated heterocycles. The molecule has 4 nitrogen and oxygen atoms in total. The molecule has 22 heavy (non-hydrogen) atoms. The predicted octanol–water partition coefficient (Wildman–Crippen LogP) is 4.12. The summed E-state index contributed by atoms with van der Waals surface area (Å²) in [6, 6.07) is 16.7. The van der Waals surface area contributed by atoms with Gasteiger partial charge in [0.25, 0.3) is 0 Å². The second-order valence-electron chi connectivity index (χ2n) is 4.99. The average molecular weight is 292 g/mol. The molecular formula is C18H12O4. The van der Waals surface area contributed by atoms with Gasteiger partial charge in [-0.25, -0.2) is 4.79 Å². The third-order valence-corrected chi connectivity index (χ3v) is 3.51. The standard InChI is InChI=1S/C18H12O4/c19-15-7-6-13-10-14-8-9-20-16(14)18(17(13)22-15)21-11-12-4-2-1-3-5-12/h1-10H,11H2. The van der Waals surface area contributed by atoms with Crippen molar-refractivity contribution in [2.45, 2.75) is 6.61 Å². The molecule has 0 fully saturated rings. The normalized spacial score (nSPS) is 11.1. The van der Waals surface area contributed by atoms with Crippen molar-refractivity contribution in [2.24, 2.45) is 0 Å². The molecule has 0 N–H and O–H groups in total. The van der Waals surface area contributed by atoms with Gasteiger partial charge in [-0.2, -0.15) is 0 Å². The Morgan fingerprint density at radius 3 is 2.59 bits per heavy atom. The molecule has 0 spiro atoms. The van der Waals surface area contributed by atoms with Crippen LogP contribution in [-0.4, -0.2) is 0 Å². The Balaban J connectivity index is 1.86. The van der Waals surface area contributed by atoms with Gasteiger partial charge in [0.2, 0.25) is 5.75 Å². The maximum absolute atomic E-state index is 11.5. The van der Waals surface area contributed by atoms with Crippen molar-refractivity contribution in [3.05, 3.63) is 76.8 Å². The molecule has 0 atom stereocenters. The summed E-state index contributed by atoms with van der Waals surface area (Å²) in [6.45, 7) is 0.369. The summed E-state index contributed by atoms with van der Waals surface area (Å²) in [5.74, 6) is 0.457. The Morgan fingerprint density at radius 2 is 1.73 bits per heavy atom. The van der Waals surface area contributed by atoms with Gasteiger partial charge in [-0.05, 0) is 23.8 Å². The van der Waals surface area contributed by atoms with Crippen molar-refractivity contribution in [2.75, 3.05) is 0 Å². The largest absolute Gasteiger partial charge is 0.481 e. The SMILES string of the molecule is O=c1ccc2cc3ccoc3c(OCc3ccccc3)c2o1. The fourth-order valence-corrected chi connectivity index (χ4v) is 2.47. The molecule has 108 valence electrons. The van der Waals surface area contributed by atoms with Gasteiger partial charge in [0, 0.05) is 16.8 Å². The maximum atomic E-state index is 11.5. The van der Waals surface area contributed by atoms with Gasteiger partial charge in [-0.15, -0.1) is 0 Å². The van der Waals surface area contributed by atoms with E-state index in [4.69, 9.17) is 13.6 Å². The smallest absolute Gasteiger partial charge is 0.336 e. The molecule has 0 aliphatic rings.